The predicted molar refractivity (Wildman–Crippen MR) is 90.1 cm³/mol. The lowest BCUT2D eigenvalue weighted by Crippen LogP contribution is -2.26. The van der Waals surface area contributed by atoms with Crippen LogP contribution in [0.4, 0.5) is 5.69 Å². The summed E-state index contributed by atoms with van der Waals surface area (Å²) < 4.78 is 5.55. The van der Waals surface area contributed by atoms with Crippen LogP contribution >= 0.6 is 11.6 Å². The third-order valence-corrected chi connectivity index (χ3v) is 4.00. The lowest BCUT2D eigenvalue weighted by molar-refractivity contribution is -0.384. The number of nitro benzene ring substituents is 1. The van der Waals surface area contributed by atoms with E-state index in [-0.39, 0.29) is 23.9 Å². The highest BCUT2D eigenvalue weighted by molar-refractivity contribution is 6.31. The van der Waals surface area contributed by atoms with Gasteiger partial charge in [0.15, 0.2) is 5.76 Å². The van der Waals surface area contributed by atoms with Crippen molar-refractivity contribution in [2.75, 3.05) is 7.05 Å². The van der Waals surface area contributed by atoms with Crippen molar-refractivity contribution in [2.45, 2.75) is 6.54 Å². The summed E-state index contributed by atoms with van der Waals surface area (Å²) in [6, 6.07) is 13.1. The fourth-order valence-electron chi connectivity index (χ4n) is 2.40. The molecule has 0 spiro atoms. The molecule has 0 bridgehead atoms. The molecule has 0 fully saturated rings. The Balaban J connectivity index is 1.84. The number of benzene rings is 2. The molecule has 1 heterocycles. The van der Waals surface area contributed by atoms with E-state index in [0.717, 1.165) is 5.39 Å². The van der Waals surface area contributed by atoms with Crippen LogP contribution in [0, 0.1) is 10.1 Å². The van der Waals surface area contributed by atoms with Crippen LogP contribution in [-0.4, -0.2) is 22.8 Å². The number of halogens is 1. The molecule has 7 heteroatoms. The van der Waals surface area contributed by atoms with Crippen LogP contribution in [0.15, 0.2) is 52.9 Å². The zero-order chi connectivity index (χ0) is 17.3. The van der Waals surface area contributed by atoms with Gasteiger partial charge >= 0.3 is 0 Å². The van der Waals surface area contributed by atoms with Crippen LogP contribution in [0.25, 0.3) is 11.0 Å². The second-order valence-electron chi connectivity index (χ2n) is 5.34. The molecule has 0 saturated carbocycles. The van der Waals surface area contributed by atoms with Crippen molar-refractivity contribution in [1.29, 1.82) is 0 Å². The normalized spacial score (nSPS) is 10.8. The zero-order valence-corrected chi connectivity index (χ0v) is 13.5. The van der Waals surface area contributed by atoms with Crippen molar-refractivity contribution in [3.8, 4) is 0 Å². The summed E-state index contributed by atoms with van der Waals surface area (Å²) in [5.74, 6) is -0.117. The van der Waals surface area contributed by atoms with Gasteiger partial charge in [-0.05, 0) is 23.8 Å². The highest BCUT2D eigenvalue weighted by Gasteiger charge is 2.19. The molecule has 1 amide bonds. The number of hydrogen-bond acceptors (Lipinski definition) is 4. The molecule has 6 nitrogen and oxygen atoms in total. The molecule has 24 heavy (non-hydrogen) atoms. The van der Waals surface area contributed by atoms with Crippen LogP contribution in [0.1, 0.15) is 16.1 Å². The Morgan fingerprint density at radius 2 is 2.00 bits per heavy atom. The maximum absolute atomic E-state index is 12.5. The molecule has 0 N–H and O–H groups in total. The minimum atomic E-state index is -0.499. The van der Waals surface area contributed by atoms with Gasteiger partial charge in [-0.3, -0.25) is 14.9 Å². The molecule has 2 aromatic carbocycles. The van der Waals surface area contributed by atoms with Crippen molar-refractivity contribution in [2.24, 2.45) is 0 Å². The summed E-state index contributed by atoms with van der Waals surface area (Å²) in [4.78, 5) is 24.3. The summed E-state index contributed by atoms with van der Waals surface area (Å²) in [6.07, 6.45) is 0. The fraction of sp³-hybridized carbons (Fsp3) is 0.118. The quantitative estimate of drug-likeness (QED) is 0.523. The monoisotopic (exact) mass is 344 g/mol. The predicted octanol–water partition coefficient (Wildman–Crippen LogP) is 4.27. The number of carbonyl (C=O) groups is 1. The highest BCUT2D eigenvalue weighted by Crippen LogP contribution is 2.25. The number of fused-ring (bicyclic) bond motifs is 1. The first kappa shape index (κ1) is 16.0. The van der Waals surface area contributed by atoms with Gasteiger partial charge in [0.05, 0.1) is 4.92 Å². The smallest absolute Gasteiger partial charge is 0.289 e. The number of rotatable bonds is 4. The first-order valence-corrected chi connectivity index (χ1v) is 7.50. The molecule has 0 aliphatic heterocycles. The number of carbonyl (C=O) groups excluding carboxylic acids is 1. The molecule has 0 radical (unpaired) electrons. The third-order valence-electron chi connectivity index (χ3n) is 3.63. The number of nitrogens with zero attached hydrogens (tertiary/aromatic N) is 2. The average Bonchev–Trinajstić information content (AvgIpc) is 2.99. The Labute approximate surface area is 142 Å². The standard InChI is InChI=1S/C17H13ClN2O4/c1-19(10-12-8-13(20(22)23)6-7-14(12)18)17(21)16-9-11-4-2-3-5-15(11)24-16/h2-9H,10H2,1H3. The molecule has 1 aromatic heterocycles. The Hall–Kier alpha value is -2.86. The van der Waals surface area contributed by atoms with E-state index < -0.39 is 4.92 Å². The molecule has 3 aromatic rings. The van der Waals surface area contributed by atoms with Gasteiger partial charge in [-0.15, -0.1) is 0 Å². The molecule has 0 saturated heterocycles. The van der Waals surface area contributed by atoms with Crippen molar-refractivity contribution in [3.05, 3.63) is 75.0 Å². The molecular formula is C17H13ClN2O4. The number of nitro groups is 1. The molecule has 0 aliphatic rings. The molecule has 122 valence electrons. The Morgan fingerprint density at radius 1 is 1.25 bits per heavy atom. The van der Waals surface area contributed by atoms with Gasteiger partial charge in [-0.25, -0.2) is 0 Å². The average molecular weight is 345 g/mol. The van der Waals surface area contributed by atoms with Crippen molar-refractivity contribution in [1.82, 2.24) is 4.90 Å². The summed E-state index contributed by atoms with van der Waals surface area (Å²) >= 11 is 6.08. The Bertz CT molecular complexity index is 902. The van der Waals surface area contributed by atoms with Gasteiger partial charge in [-0.1, -0.05) is 29.8 Å². The zero-order valence-electron chi connectivity index (χ0n) is 12.7. The number of non-ortho nitro benzene ring substituents is 1. The maximum Gasteiger partial charge on any atom is 0.289 e. The number of hydrogen-bond donors (Lipinski definition) is 0. The van der Waals surface area contributed by atoms with Gasteiger partial charge in [0.2, 0.25) is 0 Å². The van der Waals surface area contributed by atoms with Crippen molar-refractivity contribution < 1.29 is 14.1 Å². The van der Waals surface area contributed by atoms with Gasteiger partial charge in [0.25, 0.3) is 11.6 Å². The molecule has 0 aliphatic carbocycles. The van der Waals surface area contributed by atoms with Gasteiger partial charge in [0.1, 0.15) is 5.58 Å². The second kappa shape index (κ2) is 6.33. The van der Waals surface area contributed by atoms with Crippen LogP contribution in [-0.2, 0) is 6.54 Å². The van der Waals surface area contributed by atoms with Crippen LogP contribution < -0.4 is 0 Å². The number of furan rings is 1. The van der Waals surface area contributed by atoms with Crippen molar-refractivity contribution >= 4 is 34.2 Å². The number of amides is 1. The minimum absolute atomic E-state index is 0.0704. The maximum atomic E-state index is 12.5. The highest BCUT2D eigenvalue weighted by atomic mass is 35.5. The third kappa shape index (κ3) is 3.09. The van der Waals surface area contributed by atoms with Crippen LogP contribution in [0.5, 0.6) is 0 Å². The SMILES string of the molecule is CN(Cc1cc([N+](=O)[O-])ccc1Cl)C(=O)c1cc2ccccc2o1. The van der Waals surface area contributed by atoms with E-state index >= 15 is 0 Å². The lowest BCUT2D eigenvalue weighted by Gasteiger charge is -2.16. The first-order chi connectivity index (χ1) is 11.5. The molecular weight excluding hydrogens is 332 g/mol. The second-order valence-corrected chi connectivity index (χ2v) is 5.75. The minimum Gasteiger partial charge on any atom is -0.451 e. The Morgan fingerprint density at radius 3 is 2.71 bits per heavy atom. The summed E-state index contributed by atoms with van der Waals surface area (Å²) in [5, 5.41) is 12.1. The molecule has 3 rings (SSSR count). The van der Waals surface area contributed by atoms with E-state index in [2.05, 4.69) is 0 Å². The van der Waals surface area contributed by atoms with E-state index in [1.807, 2.05) is 18.2 Å². The fourth-order valence-corrected chi connectivity index (χ4v) is 2.58. The van der Waals surface area contributed by atoms with Gasteiger partial charge in [0, 0.05) is 36.1 Å². The summed E-state index contributed by atoms with van der Waals surface area (Å²) in [6.45, 7) is 0.135. The summed E-state index contributed by atoms with van der Waals surface area (Å²) in [5.41, 5.74) is 1.06. The first-order valence-electron chi connectivity index (χ1n) is 7.12. The summed E-state index contributed by atoms with van der Waals surface area (Å²) in [7, 11) is 1.59. The van der Waals surface area contributed by atoms with E-state index in [0.29, 0.717) is 16.2 Å². The van der Waals surface area contributed by atoms with E-state index in [1.165, 1.54) is 23.1 Å². The van der Waals surface area contributed by atoms with E-state index in [1.54, 1.807) is 19.2 Å². The lowest BCUT2D eigenvalue weighted by atomic mass is 10.2. The van der Waals surface area contributed by atoms with Crippen LogP contribution in [0.3, 0.4) is 0 Å². The topological polar surface area (TPSA) is 76.6 Å². The number of para-hydroxylation sites is 1. The van der Waals surface area contributed by atoms with Crippen molar-refractivity contribution in [3.63, 3.8) is 0 Å². The van der Waals surface area contributed by atoms with Gasteiger partial charge in [-0.2, -0.15) is 0 Å². The van der Waals surface area contributed by atoms with E-state index in [4.69, 9.17) is 16.0 Å². The largest absolute Gasteiger partial charge is 0.451 e. The van der Waals surface area contributed by atoms with E-state index in [9.17, 15) is 14.9 Å². The molecule has 0 atom stereocenters. The molecule has 0 unspecified atom stereocenters. The Kier molecular flexibility index (Phi) is 4.22. The van der Waals surface area contributed by atoms with Crippen LogP contribution in [0.2, 0.25) is 5.02 Å². The van der Waals surface area contributed by atoms with Gasteiger partial charge < -0.3 is 9.32 Å².